The molecule has 0 bridgehead atoms. The third-order valence-corrected chi connectivity index (χ3v) is 3.66. The van der Waals surface area contributed by atoms with Gasteiger partial charge >= 0.3 is 6.09 Å². The van der Waals surface area contributed by atoms with E-state index in [0.717, 1.165) is 0 Å². The quantitative estimate of drug-likeness (QED) is 0.569. The molecule has 1 amide bonds. The number of hydrogen-bond acceptors (Lipinski definition) is 7. The predicted molar refractivity (Wildman–Crippen MR) is 100 cm³/mol. The lowest BCUT2D eigenvalue weighted by Gasteiger charge is -2.26. The molecule has 2 aromatic rings. The molecule has 2 unspecified atom stereocenters. The zero-order valence-corrected chi connectivity index (χ0v) is 16.6. The fourth-order valence-electron chi connectivity index (χ4n) is 2.49. The third-order valence-electron chi connectivity index (χ3n) is 3.66. The highest BCUT2D eigenvalue weighted by molar-refractivity contribution is 5.68. The zero-order valence-electron chi connectivity index (χ0n) is 16.6. The molecule has 1 aromatic heterocycles. The molecular weight excluding hydrogens is 366 g/mol. The summed E-state index contributed by atoms with van der Waals surface area (Å²) in [5.74, 6) is 0. The van der Waals surface area contributed by atoms with E-state index in [1.54, 1.807) is 53.1 Å². The number of nitrogens with zero attached hydrogens (tertiary/aromatic N) is 4. The van der Waals surface area contributed by atoms with Crippen molar-refractivity contribution < 1.29 is 19.2 Å². The molecule has 2 rings (SSSR count). The summed E-state index contributed by atoms with van der Waals surface area (Å²) in [5, 5.41) is 22.0. The van der Waals surface area contributed by atoms with Crippen LogP contribution in [0.3, 0.4) is 0 Å². The van der Waals surface area contributed by atoms with Crippen molar-refractivity contribution in [2.75, 3.05) is 0 Å². The van der Waals surface area contributed by atoms with Crippen molar-refractivity contribution in [2.24, 2.45) is 7.05 Å². The van der Waals surface area contributed by atoms with Gasteiger partial charge in [-0.05, 0) is 33.3 Å². The van der Waals surface area contributed by atoms with Gasteiger partial charge in [0.25, 0.3) is 5.69 Å². The number of alkyl carbamates (subject to hydrolysis) is 1. The average Bonchev–Trinajstić information content (AvgIpc) is 2.99. The highest BCUT2D eigenvalue weighted by Gasteiger charge is 2.27. The second-order valence-electron chi connectivity index (χ2n) is 7.35. The smallest absolute Gasteiger partial charge is 0.407 e. The van der Waals surface area contributed by atoms with Crippen molar-refractivity contribution in [1.82, 2.24) is 20.3 Å². The van der Waals surface area contributed by atoms with Gasteiger partial charge in [-0.3, -0.25) is 10.1 Å². The second-order valence-corrected chi connectivity index (χ2v) is 7.35. The molecule has 1 N–H and O–H groups in total. The van der Waals surface area contributed by atoms with Gasteiger partial charge in [-0.2, -0.15) is 15.0 Å². The van der Waals surface area contributed by atoms with Crippen LogP contribution in [0.5, 0.6) is 0 Å². The van der Waals surface area contributed by atoms with Gasteiger partial charge in [0.2, 0.25) is 0 Å². The summed E-state index contributed by atoms with van der Waals surface area (Å²) in [4.78, 5) is 24.0. The number of nitro benzene ring substituents is 1. The van der Waals surface area contributed by atoms with E-state index in [9.17, 15) is 14.9 Å². The van der Waals surface area contributed by atoms with E-state index in [4.69, 9.17) is 9.47 Å². The number of aryl methyl sites for hydroxylation is 1. The second kappa shape index (κ2) is 8.79. The van der Waals surface area contributed by atoms with Crippen LogP contribution in [-0.4, -0.2) is 37.7 Å². The first-order chi connectivity index (χ1) is 13.0. The van der Waals surface area contributed by atoms with Crippen LogP contribution < -0.4 is 5.32 Å². The van der Waals surface area contributed by atoms with Crippen LogP contribution >= 0.6 is 0 Å². The largest absolute Gasteiger partial charge is 0.444 e. The molecule has 152 valence electrons. The summed E-state index contributed by atoms with van der Waals surface area (Å²) in [6.45, 7) is 7.18. The number of carbonyl (C=O) groups is 1. The summed E-state index contributed by atoms with van der Waals surface area (Å²) in [5.41, 5.74) is 0.511. The van der Waals surface area contributed by atoms with Gasteiger partial charge in [-0.25, -0.2) is 4.79 Å². The molecule has 0 aliphatic heterocycles. The fourth-order valence-corrected chi connectivity index (χ4v) is 2.49. The Morgan fingerprint density at radius 3 is 2.68 bits per heavy atom. The lowest BCUT2D eigenvalue weighted by Crippen LogP contribution is -2.41. The van der Waals surface area contributed by atoms with E-state index in [-0.39, 0.29) is 12.3 Å². The SMILES string of the molecule is CC(NC(=O)OC(C)(C)C)C(OCc1cccc([N+](=O)[O-])c1)c1cnn(C)n1. The van der Waals surface area contributed by atoms with Gasteiger partial charge < -0.3 is 14.8 Å². The molecule has 0 aliphatic rings. The summed E-state index contributed by atoms with van der Waals surface area (Å²) in [6, 6.07) is 5.70. The Morgan fingerprint density at radius 2 is 2.11 bits per heavy atom. The molecule has 0 aliphatic carbocycles. The van der Waals surface area contributed by atoms with Crippen LogP contribution in [0.4, 0.5) is 10.5 Å². The van der Waals surface area contributed by atoms with Crippen LogP contribution in [0.15, 0.2) is 30.5 Å². The number of benzene rings is 1. The van der Waals surface area contributed by atoms with Crippen molar-refractivity contribution in [3.8, 4) is 0 Å². The highest BCUT2D eigenvalue weighted by Crippen LogP contribution is 2.23. The van der Waals surface area contributed by atoms with Gasteiger partial charge in [0.1, 0.15) is 17.4 Å². The number of nitrogens with one attached hydrogen (secondary N) is 1. The van der Waals surface area contributed by atoms with E-state index in [1.165, 1.54) is 16.9 Å². The molecule has 10 nitrogen and oxygen atoms in total. The zero-order chi connectivity index (χ0) is 20.9. The molecular formula is C18H25N5O5. The molecule has 0 radical (unpaired) electrons. The standard InChI is InChI=1S/C18H25N5O5/c1-12(20-17(24)28-18(2,3)4)16(15-10-19-22(5)21-15)27-11-13-7-6-8-14(9-13)23(25)26/h6-10,12,16H,11H2,1-5H3,(H,20,24). The Balaban J connectivity index is 2.12. The first-order valence-electron chi connectivity index (χ1n) is 8.76. The molecule has 0 saturated carbocycles. The minimum atomic E-state index is -0.629. The number of rotatable bonds is 7. The van der Waals surface area contributed by atoms with Gasteiger partial charge in [-0.1, -0.05) is 12.1 Å². The van der Waals surface area contributed by atoms with Gasteiger partial charge in [-0.15, -0.1) is 0 Å². The Morgan fingerprint density at radius 1 is 1.39 bits per heavy atom. The number of carbonyl (C=O) groups excluding carboxylic acids is 1. The van der Waals surface area contributed by atoms with Gasteiger partial charge in [0.05, 0.1) is 23.8 Å². The summed E-state index contributed by atoms with van der Waals surface area (Å²) in [6.07, 6.45) is 0.346. The van der Waals surface area contributed by atoms with Gasteiger partial charge in [0, 0.05) is 19.2 Å². The topological polar surface area (TPSA) is 121 Å². The minimum Gasteiger partial charge on any atom is -0.444 e. The average molecular weight is 391 g/mol. The monoisotopic (exact) mass is 391 g/mol. The van der Waals surface area contributed by atoms with E-state index in [0.29, 0.717) is 11.3 Å². The van der Waals surface area contributed by atoms with Crippen LogP contribution in [-0.2, 0) is 23.1 Å². The molecule has 28 heavy (non-hydrogen) atoms. The third kappa shape index (κ3) is 6.31. The molecule has 0 saturated heterocycles. The number of nitro groups is 1. The Hall–Kier alpha value is -3.01. The molecule has 10 heteroatoms. The van der Waals surface area contributed by atoms with Crippen LogP contribution in [0, 0.1) is 10.1 Å². The van der Waals surface area contributed by atoms with Gasteiger partial charge in [0.15, 0.2) is 0 Å². The number of aromatic nitrogens is 3. The summed E-state index contributed by atoms with van der Waals surface area (Å²) < 4.78 is 11.2. The number of non-ortho nitro benzene ring substituents is 1. The molecule has 0 spiro atoms. The molecule has 1 aromatic carbocycles. The first kappa shape index (κ1) is 21.3. The maximum atomic E-state index is 12.1. The lowest BCUT2D eigenvalue weighted by atomic mass is 10.1. The van der Waals surface area contributed by atoms with E-state index < -0.39 is 28.8 Å². The van der Waals surface area contributed by atoms with E-state index in [1.807, 2.05) is 0 Å². The maximum Gasteiger partial charge on any atom is 0.407 e. The van der Waals surface area contributed by atoms with Crippen LogP contribution in [0.25, 0.3) is 0 Å². The molecule has 0 fully saturated rings. The molecule has 2 atom stereocenters. The van der Waals surface area contributed by atoms with E-state index in [2.05, 4.69) is 15.5 Å². The Kier molecular flexibility index (Phi) is 6.68. The van der Waals surface area contributed by atoms with Crippen molar-refractivity contribution in [3.05, 3.63) is 51.8 Å². The number of ether oxygens (including phenoxy) is 2. The van der Waals surface area contributed by atoms with Crippen molar-refractivity contribution in [1.29, 1.82) is 0 Å². The van der Waals surface area contributed by atoms with E-state index >= 15 is 0 Å². The Bertz CT molecular complexity index is 830. The fraction of sp³-hybridized carbons (Fsp3) is 0.500. The van der Waals surface area contributed by atoms with Crippen LogP contribution in [0.2, 0.25) is 0 Å². The highest BCUT2D eigenvalue weighted by atomic mass is 16.6. The summed E-state index contributed by atoms with van der Waals surface area (Å²) >= 11 is 0. The Labute approximate surface area is 163 Å². The first-order valence-corrected chi connectivity index (χ1v) is 8.76. The lowest BCUT2D eigenvalue weighted by molar-refractivity contribution is -0.385. The normalized spacial score (nSPS) is 13.6. The maximum absolute atomic E-state index is 12.1. The van der Waals surface area contributed by atoms with Crippen molar-refractivity contribution >= 4 is 11.8 Å². The van der Waals surface area contributed by atoms with Crippen molar-refractivity contribution in [3.63, 3.8) is 0 Å². The number of hydrogen-bond donors (Lipinski definition) is 1. The summed E-state index contributed by atoms with van der Waals surface area (Å²) in [7, 11) is 1.67. The van der Waals surface area contributed by atoms with Crippen LogP contribution in [0.1, 0.15) is 45.1 Å². The molecule has 1 heterocycles. The van der Waals surface area contributed by atoms with Crippen molar-refractivity contribution in [2.45, 2.75) is 52.0 Å². The minimum absolute atomic E-state index is 0.0166. The predicted octanol–water partition coefficient (Wildman–Crippen LogP) is 2.89. The number of amides is 1.